The van der Waals surface area contributed by atoms with Gasteiger partial charge in [-0.25, -0.2) is 4.79 Å². The number of esters is 1. The molecule has 0 aliphatic carbocycles. The lowest BCUT2D eigenvalue weighted by atomic mass is 9.83. The van der Waals surface area contributed by atoms with Crippen molar-refractivity contribution in [3.63, 3.8) is 0 Å². The number of fused-ring (bicyclic) bond motifs is 2. The van der Waals surface area contributed by atoms with E-state index in [1.54, 1.807) is 11.0 Å². The van der Waals surface area contributed by atoms with E-state index in [1.165, 1.54) is 11.1 Å². The van der Waals surface area contributed by atoms with Crippen LogP contribution >= 0.6 is 11.6 Å². The van der Waals surface area contributed by atoms with Crippen LogP contribution in [0.2, 0.25) is 5.02 Å². The van der Waals surface area contributed by atoms with Crippen LogP contribution < -0.4 is 0 Å². The average molecular weight is 629 g/mol. The average Bonchev–Trinajstić information content (AvgIpc) is 3.59. The molecule has 12 heteroatoms. The highest BCUT2D eigenvalue weighted by atomic mass is 35.5. The van der Waals surface area contributed by atoms with Crippen molar-refractivity contribution in [2.45, 2.75) is 62.4 Å². The Morgan fingerprint density at radius 1 is 1.02 bits per heavy atom. The van der Waals surface area contributed by atoms with Gasteiger partial charge in [-0.2, -0.15) is 0 Å². The van der Waals surface area contributed by atoms with Gasteiger partial charge in [0.15, 0.2) is 5.60 Å². The van der Waals surface area contributed by atoms with Crippen LogP contribution in [-0.2, 0) is 47.3 Å². The zero-order valence-corrected chi connectivity index (χ0v) is 25.1. The lowest BCUT2D eigenvalue weighted by molar-refractivity contribution is -0.173. The molecule has 44 heavy (non-hydrogen) atoms. The van der Waals surface area contributed by atoms with E-state index in [-0.39, 0.29) is 18.1 Å². The second kappa shape index (κ2) is 13.2. The minimum Gasteiger partial charge on any atom is -0.481 e. The van der Waals surface area contributed by atoms with Gasteiger partial charge in [-0.15, -0.1) is 0 Å². The minimum atomic E-state index is -2.78. The summed E-state index contributed by atoms with van der Waals surface area (Å²) in [7, 11) is 0. The maximum absolute atomic E-state index is 13.9. The largest absolute Gasteiger partial charge is 0.481 e. The number of aliphatic carboxylic acids is 2. The molecule has 236 valence electrons. The van der Waals surface area contributed by atoms with Crippen molar-refractivity contribution in [3.8, 4) is 0 Å². The Labute approximate surface area is 260 Å². The van der Waals surface area contributed by atoms with Gasteiger partial charge >= 0.3 is 17.9 Å². The molecular weight excluding hydrogens is 592 g/mol. The molecule has 0 aromatic heterocycles. The van der Waals surface area contributed by atoms with Gasteiger partial charge < -0.3 is 34.6 Å². The molecule has 2 aromatic carbocycles. The van der Waals surface area contributed by atoms with Crippen LogP contribution in [0.1, 0.15) is 48.8 Å². The van der Waals surface area contributed by atoms with Crippen molar-refractivity contribution < 1.29 is 44.0 Å². The molecule has 3 aliphatic rings. The van der Waals surface area contributed by atoms with Crippen molar-refractivity contribution in [2.24, 2.45) is 5.92 Å². The van der Waals surface area contributed by atoms with Gasteiger partial charge in [0, 0.05) is 37.6 Å². The number of carbonyl (C=O) groups excluding carboxylic acids is 2. The van der Waals surface area contributed by atoms with E-state index in [9.17, 15) is 29.4 Å². The van der Waals surface area contributed by atoms with E-state index in [2.05, 4.69) is 17.0 Å². The fraction of sp³-hybridized carbons (Fsp3) is 0.500. The van der Waals surface area contributed by atoms with Crippen LogP contribution in [0.5, 0.6) is 0 Å². The van der Waals surface area contributed by atoms with E-state index in [0.717, 1.165) is 31.5 Å². The predicted octanol–water partition coefficient (Wildman–Crippen LogP) is 2.84. The molecule has 0 saturated carbocycles. The highest BCUT2D eigenvalue weighted by Gasteiger charge is 2.44. The lowest BCUT2D eigenvalue weighted by Crippen LogP contribution is -2.47. The summed E-state index contributed by atoms with van der Waals surface area (Å²) >= 11 is 6.48. The summed E-state index contributed by atoms with van der Waals surface area (Å²) in [6.07, 6.45) is -0.451. The number of carboxylic acids is 2. The third kappa shape index (κ3) is 7.07. The Balaban J connectivity index is 1.22. The first-order valence-corrected chi connectivity index (χ1v) is 15.2. The molecule has 3 aliphatic heterocycles. The van der Waals surface area contributed by atoms with Gasteiger partial charge in [0.25, 0.3) is 0 Å². The van der Waals surface area contributed by atoms with Gasteiger partial charge in [-0.1, -0.05) is 54.1 Å². The quantitative estimate of drug-likeness (QED) is 0.317. The van der Waals surface area contributed by atoms with Crippen LogP contribution in [0.25, 0.3) is 0 Å². The van der Waals surface area contributed by atoms with Crippen molar-refractivity contribution in [1.29, 1.82) is 0 Å². The molecule has 0 bridgehead atoms. The number of benzene rings is 2. The highest BCUT2D eigenvalue weighted by Crippen LogP contribution is 2.44. The number of likely N-dealkylation sites (tertiary alicyclic amines) is 2. The lowest BCUT2D eigenvalue weighted by Gasteiger charge is -2.40. The molecule has 2 aromatic rings. The van der Waals surface area contributed by atoms with E-state index in [1.807, 2.05) is 30.3 Å². The highest BCUT2D eigenvalue weighted by molar-refractivity contribution is 6.31. The number of carbonyl (C=O) groups is 4. The Morgan fingerprint density at radius 2 is 1.73 bits per heavy atom. The summed E-state index contributed by atoms with van der Waals surface area (Å²) in [4.78, 5) is 52.7. The summed E-state index contributed by atoms with van der Waals surface area (Å²) in [5.41, 5.74) is 0.272. The van der Waals surface area contributed by atoms with Crippen LogP contribution in [0, 0.1) is 5.92 Å². The zero-order valence-electron chi connectivity index (χ0n) is 24.3. The molecule has 2 saturated heterocycles. The first-order valence-electron chi connectivity index (χ1n) is 14.8. The van der Waals surface area contributed by atoms with Crippen molar-refractivity contribution >= 4 is 35.4 Å². The van der Waals surface area contributed by atoms with Crippen LogP contribution in [0.3, 0.4) is 0 Å². The monoisotopic (exact) mass is 628 g/mol. The van der Waals surface area contributed by atoms with E-state index < -0.39 is 48.4 Å². The fourth-order valence-corrected chi connectivity index (χ4v) is 6.79. The standard InChI is InChI=1S/C32H37ClN2O9/c33-26-8-4-2-5-21(26)15-23(18-34-13-10-32(11-14-34)25-7-3-1-6-22(25)20-43-32)29(39)35-12-9-24(19-35)44-28(38)17-31(42,30(40)41)16-27(36)37/h1-8,23-24,42H,9-20H2,(H,36,37)(H,40,41)/t23?,24-,31?/m1/s1. The summed E-state index contributed by atoms with van der Waals surface area (Å²) in [6, 6.07) is 15.8. The number of aliphatic hydroxyl groups is 1. The maximum atomic E-state index is 13.9. The summed E-state index contributed by atoms with van der Waals surface area (Å²) < 4.78 is 11.7. The van der Waals surface area contributed by atoms with Crippen molar-refractivity contribution in [1.82, 2.24) is 9.80 Å². The first kappa shape index (κ1) is 31.9. The molecule has 11 nitrogen and oxygen atoms in total. The normalized spacial score (nSPS) is 21.4. The number of rotatable bonds is 11. The number of carboxylic acid groups (broad SMARTS) is 2. The molecule has 1 spiro atoms. The molecule has 5 rings (SSSR count). The number of halogens is 1. The topological polar surface area (TPSA) is 154 Å². The third-order valence-corrected chi connectivity index (χ3v) is 9.33. The van der Waals surface area contributed by atoms with E-state index >= 15 is 0 Å². The van der Waals surface area contributed by atoms with Gasteiger partial charge in [0.1, 0.15) is 6.10 Å². The molecule has 1 amide bonds. The number of amides is 1. The van der Waals surface area contributed by atoms with Gasteiger partial charge in [0.05, 0.1) is 37.5 Å². The van der Waals surface area contributed by atoms with Crippen LogP contribution in [0.4, 0.5) is 0 Å². The number of ether oxygens (including phenoxy) is 2. The summed E-state index contributed by atoms with van der Waals surface area (Å²) in [6.45, 7) is 3.11. The summed E-state index contributed by atoms with van der Waals surface area (Å²) in [5, 5.41) is 29.0. The molecule has 0 radical (unpaired) electrons. The van der Waals surface area contributed by atoms with Crippen molar-refractivity contribution in [3.05, 3.63) is 70.2 Å². The fourth-order valence-electron chi connectivity index (χ4n) is 6.58. The number of hydrogen-bond acceptors (Lipinski definition) is 8. The van der Waals surface area contributed by atoms with Crippen LogP contribution in [-0.4, -0.2) is 93.4 Å². The molecule has 3 heterocycles. The van der Waals surface area contributed by atoms with E-state index in [4.69, 9.17) is 26.2 Å². The Hall–Kier alpha value is -3.51. The Bertz CT molecular complexity index is 1410. The van der Waals surface area contributed by atoms with Crippen LogP contribution in [0.15, 0.2) is 48.5 Å². The Morgan fingerprint density at radius 3 is 2.43 bits per heavy atom. The Kier molecular flexibility index (Phi) is 9.59. The van der Waals surface area contributed by atoms with Gasteiger partial charge in [-0.3, -0.25) is 14.4 Å². The molecular formula is C32H37ClN2O9. The number of piperidine rings is 1. The van der Waals surface area contributed by atoms with Gasteiger partial charge in [-0.05, 0) is 42.0 Å². The molecule has 2 fully saturated rings. The SMILES string of the molecule is O=C(O)CC(O)(CC(=O)O[C@@H]1CCN(C(=O)C(Cc2ccccc2Cl)CN2CCC3(CC2)OCc2ccccc23)C1)C(=O)O. The second-order valence-electron chi connectivity index (χ2n) is 12.0. The smallest absolute Gasteiger partial charge is 0.336 e. The number of nitrogens with zero attached hydrogens (tertiary/aromatic N) is 2. The summed E-state index contributed by atoms with van der Waals surface area (Å²) in [5.74, 6) is -4.94. The molecule has 2 unspecified atom stereocenters. The zero-order chi connectivity index (χ0) is 31.5. The second-order valence-corrected chi connectivity index (χ2v) is 12.4. The first-order chi connectivity index (χ1) is 21.0. The maximum Gasteiger partial charge on any atom is 0.336 e. The van der Waals surface area contributed by atoms with Crippen molar-refractivity contribution in [2.75, 3.05) is 32.7 Å². The molecule has 3 N–H and O–H groups in total. The minimum absolute atomic E-state index is 0.0980. The van der Waals surface area contributed by atoms with Gasteiger partial charge in [0.2, 0.25) is 5.91 Å². The number of hydrogen-bond donors (Lipinski definition) is 3. The molecule has 3 atom stereocenters. The predicted molar refractivity (Wildman–Crippen MR) is 158 cm³/mol. The van der Waals surface area contributed by atoms with E-state index in [0.29, 0.717) is 37.6 Å². The third-order valence-electron chi connectivity index (χ3n) is 8.96.